The maximum atomic E-state index is 11.7. The molecule has 0 aromatic heterocycles. The van der Waals surface area contributed by atoms with Crippen LogP contribution in [-0.4, -0.2) is 38.5 Å². The second-order valence-corrected chi connectivity index (χ2v) is 3.08. The van der Waals surface area contributed by atoms with Crippen molar-refractivity contribution in [1.82, 2.24) is 0 Å². The molecule has 0 radical (unpaired) electrons. The Kier molecular flexibility index (Phi) is 16.7. The van der Waals surface area contributed by atoms with E-state index in [-0.39, 0.29) is 29.0 Å². The quantitative estimate of drug-likeness (QED) is 0.501. The topological polar surface area (TPSA) is 52.6 Å². The lowest BCUT2D eigenvalue weighted by Crippen LogP contribution is -2.22. The normalized spacial score (nSPS) is 10.6. The van der Waals surface area contributed by atoms with Crippen molar-refractivity contribution in [3.05, 3.63) is 0 Å². The Bertz CT molecular complexity index is 226. The third-order valence-electron chi connectivity index (χ3n) is 1.90. The highest BCUT2D eigenvalue weighted by molar-refractivity contribution is 5.79. The van der Waals surface area contributed by atoms with Gasteiger partial charge in [-0.25, -0.2) is 8.78 Å². The average molecular weight is 278 g/mol. The van der Waals surface area contributed by atoms with Crippen molar-refractivity contribution >= 4 is 11.9 Å². The van der Waals surface area contributed by atoms with Crippen molar-refractivity contribution in [1.29, 1.82) is 0 Å². The molecule has 0 aliphatic heterocycles. The molecule has 110 valence electrons. The molecular formula is C10H18F4O4. The predicted molar refractivity (Wildman–Crippen MR) is 57.3 cm³/mol. The minimum atomic E-state index is -0.755. The van der Waals surface area contributed by atoms with E-state index in [4.69, 9.17) is 0 Å². The highest BCUT2D eigenvalue weighted by Crippen LogP contribution is 2.11. The summed E-state index contributed by atoms with van der Waals surface area (Å²) >= 11 is 0. The standard InChI is InChI=1S/C10H16F2O4.2FH/c1-2-8(10(14)16-6-4-12)7-9(13)15-5-3-11;;/h8H,2-7H2,1H3;2*1H. The van der Waals surface area contributed by atoms with Gasteiger partial charge < -0.3 is 9.47 Å². The van der Waals surface area contributed by atoms with Gasteiger partial charge >= 0.3 is 11.9 Å². The molecule has 0 spiro atoms. The Balaban J connectivity index is -0.00000112. The van der Waals surface area contributed by atoms with Gasteiger partial charge in [-0.1, -0.05) is 6.92 Å². The fraction of sp³-hybridized carbons (Fsp3) is 0.800. The van der Waals surface area contributed by atoms with Gasteiger partial charge in [0.05, 0.1) is 12.3 Å². The van der Waals surface area contributed by atoms with Crippen molar-refractivity contribution in [3.63, 3.8) is 0 Å². The number of ether oxygens (including phenoxy) is 2. The number of carbonyl (C=O) groups is 2. The summed E-state index contributed by atoms with van der Waals surface area (Å²) < 4.78 is 32.5. The van der Waals surface area contributed by atoms with E-state index in [1.165, 1.54) is 0 Å². The van der Waals surface area contributed by atoms with Gasteiger partial charge in [0.1, 0.15) is 26.6 Å². The molecule has 0 rings (SSSR count). The van der Waals surface area contributed by atoms with Crippen LogP contribution in [-0.2, 0) is 19.1 Å². The zero-order valence-electron chi connectivity index (χ0n) is 10.0. The second-order valence-electron chi connectivity index (χ2n) is 3.08. The summed E-state index contributed by atoms with van der Waals surface area (Å²) in [6.07, 6.45) is 0.220. The molecule has 4 nitrogen and oxygen atoms in total. The highest BCUT2D eigenvalue weighted by Gasteiger charge is 2.22. The SMILES string of the molecule is CCC(CC(=O)OCCF)C(=O)OCCF.F.F. The summed E-state index contributed by atoms with van der Waals surface area (Å²) in [4.78, 5) is 22.4. The van der Waals surface area contributed by atoms with Crippen LogP contribution in [0.15, 0.2) is 0 Å². The lowest BCUT2D eigenvalue weighted by molar-refractivity contribution is -0.155. The lowest BCUT2D eigenvalue weighted by atomic mass is 10.0. The number of hydrogen-bond donors (Lipinski definition) is 0. The first-order valence-corrected chi connectivity index (χ1v) is 5.09. The van der Waals surface area contributed by atoms with E-state index in [0.29, 0.717) is 6.42 Å². The van der Waals surface area contributed by atoms with Crippen molar-refractivity contribution in [2.24, 2.45) is 5.92 Å². The number of halogens is 4. The maximum absolute atomic E-state index is 11.7. The first-order valence-electron chi connectivity index (χ1n) is 5.09. The molecule has 0 aliphatic carbocycles. The molecule has 0 aliphatic rings. The summed E-state index contributed by atoms with van der Waals surface area (Å²) in [5.74, 6) is -1.93. The number of esters is 2. The molecular weight excluding hydrogens is 260 g/mol. The smallest absolute Gasteiger partial charge is 0.309 e. The van der Waals surface area contributed by atoms with Gasteiger partial charge in [0.2, 0.25) is 0 Å². The van der Waals surface area contributed by atoms with Crippen molar-refractivity contribution < 1.29 is 37.3 Å². The summed E-state index contributed by atoms with van der Waals surface area (Å²) in [5.41, 5.74) is 0. The molecule has 0 N–H and O–H groups in total. The minimum Gasteiger partial charge on any atom is -0.463 e. The third-order valence-corrected chi connectivity index (χ3v) is 1.90. The molecule has 0 aromatic rings. The number of rotatable bonds is 8. The number of carbonyl (C=O) groups excluding carboxylic acids is 2. The van der Waals surface area contributed by atoms with E-state index in [2.05, 4.69) is 9.47 Å². The Hall–Kier alpha value is -1.34. The third kappa shape index (κ3) is 9.86. The molecule has 0 fully saturated rings. The van der Waals surface area contributed by atoms with Gasteiger partial charge in [0.15, 0.2) is 0 Å². The molecule has 18 heavy (non-hydrogen) atoms. The molecule has 1 atom stereocenters. The first kappa shape index (κ1) is 21.9. The number of alkyl halides is 2. The first-order chi connectivity index (χ1) is 7.65. The second kappa shape index (κ2) is 13.7. The lowest BCUT2D eigenvalue weighted by Gasteiger charge is -2.12. The van der Waals surface area contributed by atoms with Gasteiger partial charge in [-0.05, 0) is 6.42 Å². The van der Waals surface area contributed by atoms with Crippen LogP contribution in [0.25, 0.3) is 0 Å². The zero-order valence-corrected chi connectivity index (χ0v) is 10.0. The summed E-state index contributed by atoms with van der Waals surface area (Å²) in [6, 6.07) is 0. The van der Waals surface area contributed by atoms with E-state index < -0.39 is 31.2 Å². The van der Waals surface area contributed by atoms with Crippen LogP contribution in [0.5, 0.6) is 0 Å². The van der Waals surface area contributed by atoms with Crippen LogP contribution in [0.2, 0.25) is 0 Å². The Labute approximate surface area is 102 Å². The zero-order chi connectivity index (χ0) is 12.4. The molecule has 0 saturated carbocycles. The molecule has 8 heteroatoms. The van der Waals surface area contributed by atoms with Crippen LogP contribution < -0.4 is 0 Å². The highest BCUT2D eigenvalue weighted by atomic mass is 19.1. The molecule has 1 unspecified atom stereocenters. The summed E-state index contributed by atoms with van der Waals surface area (Å²) in [5, 5.41) is 0. The molecule has 0 bridgehead atoms. The Morgan fingerprint density at radius 3 is 2.00 bits per heavy atom. The minimum absolute atomic E-state index is 0. The van der Waals surface area contributed by atoms with E-state index in [1.54, 1.807) is 6.92 Å². The van der Waals surface area contributed by atoms with Crippen LogP contribution in [0.1, 0.15) is 19.8 Å². The van der Waals surface area contributed by atoms with Gasteiger partial charge in [0, 0.05) is 0 Å². The average Bonchev–Trinajstić information content (AvgIpc) is 2.30. The van der Waals surface area contributed by atoms with Crippen LogP contribution in [0.3, 0.4) is 0 Å². The van der Waals surface area contributed by atoms with E-state index in [0.717, 1.165) is 0 Å². The molecule has 0 saturated heterocycles. The van der Waals surface area contributed by atoms with Crippen molar-refractivity contribution in [2.75, 3.05) is 26.6 Å². The molecule has 0 heterocycles. The summed E-state index contributed by atoms with van der Waals surface area (Å²) in [7, 11) is 0. The monoisotopic (exact) mass is 278 g/mol. The fourth-order valence-electron chi connectivity index (χ4n) is 1.06. The van der Waals surface area contributed by atoms with Crippen molar-refractivity contribution in [3.8, 4) is 0 Å². The van der Waals surface area contributed by atoms with Gasteiger partial charge in [-0.3, -0.25) is 19.0 Å². The van der Waals surface area contributed by atoms with E-state index in [9.17, 15) is 18.4 Å². The fourth-order valence-corrected chi connectivity index (χ4v) is 1.06. The maximum Gasteiger partial charge on any atom is 0.309 e. The van der Waals surface area contributed by atoms with Crippen LogP contribution in [0.4, 0.5) is 18.2 Å². The van der Waals surface area contributed by atoms with Gasteiger partial charge in [0.25, 0.3) is 0 Å². The van der Waals surface area contributed by atoms with Crippen molar-refractivity contribution in [2.45, 2.75) is 19.8 Å². The van der Waals surface area contributed by atoms with E-state index >= 15 is 0 Å². The Morgan fingerprint density at radius 2 is 1.56 bits per heavy atom. The van der Waals surface area contributed by atoms with Crippen LogP contribution >= 0.6 is 0 Å². The largest absolute Gasteiger partial charge is 0.463 e. The molecule has 0 amide bonds. The molecule has 0 aromatic carbocycles. The van der Waals surface area contributed by atoms with Gasteiger partial charge in [-0.2, -0.15) is 0 Å². The number of hydrogen-bond acceptors (Lipinski definition) is 4. The van der Waals surface area contributed by atoms with Gasteiger partial charge in [-0.15, -0.1) is 0 Å². The summed E-state index contributed by atoms with van der Waals surface area (Å²) in [6.45, 7) is -0.434. The Morgan fingerprint density at radius 1 is 1.06 bits per heavy atom. The predicted octanol–water partition coefficient (Wildman–Crippen LogP) is 1.73. The van der Waals surface area contributed by atoms with Crippen LogP contribution in [0, 0.1) is 5.92 Å². The van der Waals surface area contributed by atoms with E-state index in [1.807, 2.05) is 0 Å².